The van der Waals surface area contributed by atoms with Crippen LogP contribution in [0.4, 0.5) is 0 Å². The first-order chi connectivity index (χ1) is 10.8. The Hall–Kier alpha value is -2.03. The molecule has 1 saturated heterocycles. The van der Waals surface area contributed by atoms with Gasteiger partial charge in [-0.2, -0.15) is 0 Å². The predicted octanol–water partition coefficient (Wildman–Crippen LogP) is 3.62. The molecule has 2 fully saturated rings. The second kappa shape index (κ2) is 5.64. The quantitative estimate of drug-likeness (QED) is 0.863. The fourth-order valence-electron chi connectivity index (χ4n) is 3.72. The zero-order valence-corrected chi connectivity index (χ0v) is 12.7. The van der Waals surface area contributed by atoms with E-state index in [4.69, 9.17) is 4.42 Å². The Labute approximate surface area is 130 Å². The van der Waals surface area contributed by atoms with E-state index in [1.807, 2.05) is 18.2 Å². The van der Waals surface area contributed by atoms with Crippen LogP contribution in [0.5, 0.6) is 0 Å². The first kappa shape index (κ1) is 13.6. The Morgan fingerprint density at radius 3 is 2.82 bits per heavy atom. The maximum absolute atomic E-state index is 12.8. The van der Waals surface area contributed by atoms with Crippen LogP contribution < -0.4 is 0 Å². The molecule has 0 spiro atoms. The van der Waals surface area contributed by atoms with Crippen LogP contribution in [0.3, 0.4) is 0 Å². The number of hydrogen-bond acceptors (Lipinski definition) is 2. The van der Waals surface area contributed by atoms with Gasteiger partial charge < -0.3 is 9.32 Å². The molecule has 1 saturated carbocycles. The summed E-state index contributed by atoms with van der Waals surface area (Å²) in [7, 11) is 0. The van der Waals surface area contributed by atoms with Crippen LogP contribution in [0.15, 0.2) is 53.1 Å². The molecule has 3 heteroatoms. The van der Waals surface area contributed by atoms with Gasteiger partial charge in [0.2, 0.25) is 5.91 Å². The summed E-state index contributed by atoms with van der Waals surface area (Å²) >= 11 is 0. The summed E-state index contributed by atoms with van der Waals surface area (Å²) in [5.41, 5.74) is 1.32. The number of nitrogens with zero attached hydrogens (tertiary/aromatic N) is 1. The van der Waals surface area contributed by atoms with Gasteiger partial charge in [0.25, 0.3) is 0 Å². The molecule has 3 nitrogen and oxygen atoms in total. The van der Waals surface area contributed by atoms with Crippen molar-refractivity contribution in [2.24, 2.45) is 5.92 Å². The van der Waals surface area contributed by atoms with Crippen molar-refractivity contribution in [3.8, 4) is 0 Å². The highest BCUT2D eigenvalue weighted by atomic mass is 16.3. The van der Waals surface area contributed by atoms with Crippen molar-refractivity contribution in [2.45, 2.75) is 37.6 Å². The lowest BCUT2D eigenvalue weighted by atomic mass is 10.0. The molecule has 114 valence electrons. The van der Waals surface area contributed by atoms with Gasteiger partial charge in [0.15, 0.2) is 0 Å². The van der Waals surface area contributed by atoms with Gasteiger partial charge in [0, 0.05) is 24.4 Å². The van der Waals surface area contributed by atoms with Crippen molar-refractivity contribution >= 4 is 5.91 Å². The van der Waals surface area contributed by atoms with E-state index in [0.717, 1.165) is 38.0 Å². The molecule has 0 bridgehead atoms. The lowest BCUT2D eigenvalue weighted by Gasteiger charge is -2.25. The molecule has 2 aliphatic rings. The van der Waals surface area contributed by atoms with Gasteiger partial charge in [-0.1, -0.05) is 30.3 Å². The average Bonchev–Trinajstić information content (AvgIpc) is 2.96. The standard InChI is InChI=1S/C19H21NO2/c21-19(17-13-16(17)18-9-5-11-22-18)20-10-4-8-15(20)12-14-6-2-1-3-7-14/h1-3,5-7,9,11,15-17H,4,8,10,12-13H2/t15-,16+,17+/m0/s1. The molecular formula is C19H21NO2. The summed E-state index contributed by atoms with van der Waals surface area (Å²) in [5.74, 6) is 1.75. The van der Waals surface area contributed by atoms with Crippen molar-refractivity contribution < 1.29 is 9.21 Å². The third-order valence-corrected chi connectivity index (χ3v) is 4.99. The lowest BCUT2D eigenvalue weighted by molar-refractivity contribution is -0.133. The van der Waals surface area contributed by atoms with E-state index in [0.29, 0.717) is 17.9 Å². The van der Waals surface area contributed by atoms with Gasteiger partial charge in [-0.15, -0.1) is 0 Å². The van der Waals surface area contributed by atoms with E-state index in [-0.39, 0.29) is 5.92 Å². The van der Waals surface area contributed by atoms with E-state index < -0.39 is 0 Å². The molecule has 22 heavy (non-hydrogen) atoms. The molecular weight excluding hydrogens is 274 g/mol. The first-order valence-electron chi connectivity index (χ1n) is 8.21. The van der Waals surface area contributed by atoms with Gasteiger partial charge in [-0.25, -0.2) is 0 Å². The Bertz CT molecular complexity index is 635. The van der Waals surface area contributed by atoms with E-state index in [9.17, 15) is 4.79 Å². The van der Waals surface area contributed by atoms with E-state index in [2.05, 4.69) is 29.2 Å². The molecule has 4 rings (SSSR count). The number of likely N-dealkylation sites (tertiary alicyclic amines) is 1. The van der Waals surface area contributed by atoms with Crippen LogP contribution in [-0.4, -0.2) is 23.4 Å². The smallest absolute Gasteiger partial charge is 0.226 e. The summed E-state index contributed by atoms with van der Waals surface area (Å²) in [4.78, 5) is 14.9. The summed E-state index contributed by atoms with van der Waals surface area (Å²) in [6.07, 6.45) is 5.87. The lowest BCUT2D eigenvalue weighted by Crippen LogP contribution is -2.38. The SMILES string of the molecule is O=C([C@@H]1C[C@H]1c1ccco1)N1CCC[C@H]1Cc1ccccc1. The number of amides is 1. The first-order valence-corrected chi connectivity index (χ1v) is 8.21. The molecule has 0 radical (unpaired) electrons. The normalized spacial score (nSPS) is 27.1. The minimum atomic E-state index is 0.141. The molecule has 1 aromatic carbocycles. The van der Waals surface area contributed by atoms with E-state index in [1.165, 1.54) is 5.56 Å². The fourth-order valence-corrected chi connectivity index (χ4v) is 3.72. The summed E-state index contributed by atoms with van der Waals surface area (Å²) in [6, 6.07) is 14.8. The van der Waals surface area contributed by atoms with E-state index >= 15 is 0 Å². The topological polar surface area (TPSA) is 33.5 Å². The molecule has 0 unspecified atom stereocenters. The van der Waals surface area contributed by atoms with Crippen molar-refractivity contribution in [1.29, 1.82) is 0 Å². The highest BCUT2D eigenvalue weighted by Gasteiger charge is 2.49. The van der Waals surface area contributed by atoms with Crippen LogP contribution in [0.25, 0.3) is 0 Å². The summed E-state index contributed by atoms with van der Waals surface area (Å²) in [6.45, 7) is 0.914. The highest BCUT2D eigenvalue weighted by Crippen LogP contribution is 2.49. The molecule has 1 amide bonds. The van der Waals surface area contributed by atoms with Crippen molar-refractivity contribution in [3.63, 3.8) is 0 Å². The van der Waals surface area contributed by atoms with Crippen LogP contribution >= 0.6 is 0 Å². The predicted molar refractivity (Wildman–Crippen MR) is 84.4 cm³/mol. The van der Waals surface area contributed by atoms with E-state index in [1.54, 1.807) is 6.26 Å². The summed E-state index contributed by atoms with van der Waals surface area (Å²) < 4.78 is 5.45. The maximum atomic E-state index is 12.8. The van der Waals surface area contributed by atoms with Gasteiger partial charge in [0.1, 0.15) is 5.76 Å². The largest absolute Gasteiger partial charge is 0.469 e. The van der Waals surface area contributed by atoms with Crippen molar-refractivity contribution in [2.75, 3.05) is 6.54 Å². The summed E-state index contributed by atoms with van der Waals surface area (Å²) in [5, 5.41) is 0. The van der Waals surface area contributed by atoms with Crippen molar-refractivity contribution in [1.82, 2.24) is 4.90 Å². The molecule has 2 heterocycles. The highest BCUT2D eigenvalue weighted by molar-refractivity contribution is 5.83. The number of rotatable bonds is 4. The molecule has 2 aromatic rings. The molecule has 0 N–H and O–H groups in total. The average molecular weight is 295 g/mol. The molecule has 3 atom stereocenters. The maximum Gasteiger partial charge on any atom is 0.226 e. The number of carbonyl (C=O) groups is 1. The minimum absolute atomic E-state index is 0.141. The number of benzene rings is 1. The molecule has 1 aliphatic carbocycles. The van der Waals surface area contributed by atoms with Crippen LogP contribution in [0.1, 0.15) is 36.5 Å². The van der Waals surface area contributed by atoms with Gasteiger partial charge in [-0.3, -0.25) is 4.79 Å². The molecule has 1 aromatic heterocycles. The van der Waals surface area contributed by atoms with Crippen molar-refractivity contribution in [3.05, 3.63) is 60.1 Å². The third kappa shape index (κ3) is 2.56. The van der Waals surface area contributed by atoms with Gasteiger partial charge in [0.05, 0.1) is 6.26 Å². The fraction of sp³-hybridized carbons (Fsp3) is 0.421. The Kier molecular flexibility index (Phi) is 3.49. The Morgan fingerprint density at radius 1 is 1.18 bits per heavy atom. The van der Waals surface area contributed by atoms with Gasteiger partial charge >= 0.3 is 0 Å². The zero-order valence-electron chi connectivity index (χ0n) is 12.7. The monoisotopic (exact) mass is 295 g/mol. The molecule has 1 aliphatic heterocycles. The van der Waals surface area contributed by atoms with Crippen LogP contribution in [0.2, 0.25) is 0 Å². The number of furan rings is 1. The van der Waals surface area contributed by atoms with Crippen LogP contribution in [0, 0.1) is 5.92 Å². The number of carbonyl (C=O) groups excluding carboxylic acids is 1. The third-order valence-electron chi connectivity index (χ3n) is 4.99. The Morgan fingerprint density at radius 2 is 2.05 bits per heavy atom. The zero-order chi connectivity index (χ0) is 14.9. The second-order valence-electron chi connectivity index (χ2n) is 6.48. The second-order valence-corrected chi connectivity index (χ2v) is 6.48. The number of hydrogen-bond donors (Lipinski definition) is 0. The van der Waals surface area contributed by atoms with Gasteiger partial charge in [-0.05, 0) is 43.4 Å². The Balaban J connectivity index is 1.42. The van der Waals surface area contributed by atoms with Crippen LogP contribution in [-0.2, 0) is 11.2 Å². The minimum Gasteiger partial charge on any atom is -0.469 e.